The van der Waals surface area contributed by atoms with Gasteiger partial charge in [-0.15, -0.1) is 0 Å². The molecule has 2 fully saturated rings. The number of aromatic carboxylic acids is 1. The Kier molecular flexibility index (Phi) is 8.87. The van der Waals surface area contributed by atoms with Crippen LogP contribution < -0.4 is 4.74 Å². The first-order chi connectivity index (χ1) is 23.8. The number of methoxy groups -OCH3 is 1. The van der Waals surface area contributed by atoms with Gasteiger partial charge in [0.25, 0.3) is 0 Å². The fourth-order valence-electron chi connectivity index (χ4n) is 7.33. The Bertz CT molecular complexity index is 2000. The SMILES string of the molecule is COc1ccc(-c2ccc(C(=O)O)cc2C)cc1-c1ccc(C(F)(F)F)cc1[C@@H]1CC[C@H]2[C@@H](c3cc(C(F)(F)F)cc(C(F)(F)F)c3)CC(=O)N12. The predicted molar refractivity (Wildman–Crippen MR) is 167 cm³/mol. The Hall–Kier alpha value is -5.01. The number of carboxylic acids is 1. The number of rotatable bonds is 6. The number of nitrogens with zero attached hydrogens (tertiary/aromatic N) is 1. The van der Waals surface area contributed by atoms with E-state index in [1.165, 1.54) is 30.2 Å². The molecular formula is C37H28F9NO4. The van der Waals surface area contributed by atoms with Gasteiger partial charge in [-0.2, -0.15) is 39.5 Å². The molecule has 6 rings (SSSR count). The monoisotopic (exact) mass is 721 g/mol. The van der Waals surface area contributed by atoms with Gasteiger partial charge in [-0.1, -0.05) is 18.2 Å². The molecule has 4 aromatic carbocycles. The Morgan fingerprint density at radius 3 is 1.94 bits per heavy atom. The van der Waals surface area contributed by atoms with Crippen molar-refractivity contribution in [2.45, 2.75) is 62.7 Å². The number of ether oxygens (including phenoxy) is 1. The summed E-state index contributed by atoms with van der Waals surface area (Å²) >= 11 is 0. The van der Waals surface area contributed by atoms with E-state index in [9.17, 15) is 54.2 Å². The van der Waals surface area contributed by atoms with Gasteiger partial charge in [-0.3, -0.25) is 4.79 Å². The van der Waals surface area contributed by atoms with E-state index in [1.807, 2.05) is 0 Å². The normalized spacial score (nSPS) is 19.4. The van der Waals surface area contributed by atoms with Gasteiger partial charge in [0.1, 0.15) is 5.75 Å². The van der Waals surface area contributed by atoms with Crippen LogP contribution in [0.5, 0.6) is 5.75 Å². The van der Waals surface area contributed by atoms with Crippen molar-refractivity contribution in [3.63, 3.8) is 0 Å². The number of halogens is 9. The zero-order chi connectivity index (χ0) is 37.2. The number of hydrogen-bond donors (Lipinski definition) is 1. The molecule has 2 aliphatic heterocycles. The van der Waals surface area contributed by atoms with E-state index in [0.29, 0.717) is 34.4 Å². The Morgan fingerprint density at radius 2 is 1.37 bits per heavy atom. The summed E-state index contributed by atoms with van der Waals surface area (Å²) in [4.78, 5) is 26.4. The highest BCUT2D eigenvalue weighted by Crippen LogP contribution is 2.52. The van der Waals surface area contributed by atoms with E-state index < -0.39 is 71.5 Å². The fraction of sp³-hybridized carbons (Fsp3) is 0.297. The zero-order valence-electron chi connectivity index (χ0n) is 26.8. The van der Waals surface area contributed by atoms with Gasteiger partial charge in [0.15, 0.2) is 0 Å². The van der Waals surface area contributed by atoms with Gasteiger partial charge in [-0.25, -0.2) is 4.79 Å². The molecule has 3 atom stereocenters. The third-order valence-corrected chi connectivity index (χ3v) is 9.63. The second-order valence-corrected chi connectivity index (χ2v) is 12.7. The lowest BCUT2D eigenvalue weighted by Gasteiger charge is -2.29. The summed E-state index contributed by atoms with van der Waals surface area (Å²) in [7, 11) is 1.36. The summed E-state index contributed by atoms with van der Waals surface area (Å²) in [6.07, 6.45) is -15.2. The first-order valence-corrected chi connectivity index (χ1v) is 15.6. The van der Waals surface area contributed by atoms with E-state index in [-0.39, 0.29) is 46.9 Å². The van der Waals surface area contributed by atoms with Gasteiger partial charge < -0.3 is 14.7 Å². The maximum atomic E-state index is 14.1. The second-order valence-electron chi connectivity index (χ2n) is 12.7. The van der Waals surface area contributed by atoms with E-state index in [4.69, 9.17) is 4.74 Å². The average molecular weight is 722 g/mol. The standard InChI is InChI=1S/C37H28F9NO4/c1-18-11-20(34(49)50)3-6-25(18)19-4-10-32(51-2)29(14-19)26-7-5-22(35(38,39)40)16-28(26)31-9-8-30-27(17-33(48)47(30)31)21-12-23(36(41,42)43)15-24(13-21)37(44,45)46/h3-7,10-16,27,30-31H,8-9,17H2,1-2H3,(H,49,50)/t27-,30+,31+/m1/s1. The van der Waals surface area contributed by atoms with E-state index >= 15 is 0 Å². The minimum Gasteiger partial charge on any atom is -0.496 e. The van der Waals surface area contributed by atoms with Crippen LogP contribution in [0.25, 0.3) is 22.3 Å². The topological polar surface area (TPSA) is 66.8 Å². The van der Waals surface area contributed by atoms with Crippen LogP contribution in [0.4, 0.5) is 39.5 Å². The zero-order valence-corrected chi connectivity index (χ0v) is 26.8. The van der Waals surface area contributed by atoms with Crippen LogP contribution in [0.15, 0.2) is 72.8 Å². The predicted octanol–water partition coefficient (Wildman–Crippen LogP) is 10.3. The summed E-state index contributed by atoms with van der Waals surface area (Å²) in [5, 5.41) is 9.38. The molecular weight excluding hydrogens is 693 g/mol. The van der Waals surface area contributed by atoms with Crippen LogP contribution in [-0.2, 0) is 23.3 Å². The van der Waals surface area contributed by atoms with E-state index in [1.54, 1.807) is 31.2 Å². The van der Waals surface area contributed by atoms with Gasteiger partial charge in [0.2, 0.25) is 5.91 Å². The molecule has 14 heteroatoms. The van der Waals surface area contributed by atoms with E-state index in [0.717, 1.165) is 12.1 Å². The summed E-state index contributed by atoms with van der Waals surface area (Å²) in [5.41, 5.74) is -1.82. The molecule has 1 amide bonds. The summed E-state index contributed by atoms with van der Waals surface area (Å²) in [6.45, 7) is 1.70. The molecule has 1 N–H and O–H groups in total. The molecule has 4 aromatic rings. The third kappa shape index (κ3) is 6.75. The highest BCUT2D eigenvalue weighted by Gasteiger charge is 2.50. The van der Waals surface area contributed by atoms with Gasteiger partial charge in [0.05, 0.1) is 35.4 Å². The molecule has 0 radical (unpaired) electrons. The molecule has 0 spiro atoms. The lowest BCUT2D eigenvalue weighted by atomic mass is 9.87. The molecule has 0 saturated carbocycles. The third-order valence-electron chi connectivity index (χ3n) is 9.63. The molecule has 51 heavy (non-hydrogen) atoms. The number of fused-ring (bicyclic) bond motifs is 1. The smallest absolute Gasteiger partial charge is 0.416 e. The molecule has 5 nitrogen and oxygen atoms in total. The summed E-state index contributed by atoms with van der Waals surface area (Å²) < 4.78 is 130. The van der Waals surface area contributed by atoms with Gasteiger partial charge in [-0.05, 0) is 108 Å². The molecule has 0 unspecified atom stereocenters. The first kappa shape index (κ1) is 35.8. The van der Waals surface area contributed by atoms with Crippen LogP contribution >= 0.6 is 0 Å². The number of hydrogen-bond acceptors (Lipinski definition) is 3. The Balaban J connectivity index is 1.46. The van der Waals surface area contributed by atoms with Crippen molar-refractivity contribution in [3.05, 3.63) is 112 Å². The second kappa shape index (κ2) is 12.6. The molecule has 268 valence electrons. The number of carbonyl (C=O) groups is 2. The molecule has 2 heterocycles. The van der Waals surface area contributed by atoms with Crippen LogP contribution in [0.3, 0.4) is 0 Å². The van der Waals surface area contributed by atoms with Crippen LogP contribution in [0, 0.1) is 6.92 Å². The highest BCUT2D eigenvalue weighted by molar-refractivity contribution is 5.89. The van der Waals surface area contributed by atoms with Crippen molar-refractivity contribution >= 4 is 11.9 Å². The quantitative estimate of drug-likeness (QED) is 0.201. The summed E-state index contributed by atoms with van der Waals surface area (Å²) in [6, 6.07) is 11.8. The molecule has 2 aliphatic rings. The lowest BCUT2D eigenvalue weighted by molar-refractivity contribution is -0.143. The van der Waals surface area contributed by atoms with Crippen molar-refractivity contribution in [2.24, 2.45) is 0 Å². The molecule has 0 aromatic heterocycles. The van der Waals surface area contributed by atoms with Crippen LogP contribution in [0.1, 0.15) is 75.0 Å². The minimum atomic E-state index is -5.10. The van der Waals surface area contributed by atoms with Crippen molar-refractivity contribution in [3.8, 4) is 28.0 Å². The molecule has 2 saturated heterocycles. The van der Waals surface area contributed by atoms with Crippen molar-refractivity contribution < 1.29 is 58.9 Å². The van der Waals surface area contributed by atoms with Crippen LogP contribution in [0.2, 0.25) is 0 Å². The maximum Gasteiger partial charge on any atom is 0.416 e. The van der Waals surface area contributed by atoms with Crippen molar-refractivity contribution in [1.82, 2.24) is 4.90 Å². The number of benzene rings is 4. The van der Waals surface area contributed by atoms with Crippen molar-refractivity contribution in [2.75, 3.05) is 7.11 Å². The van der Waals surface area contributed by atoms with Gasteiger partial charge >= 0.3 is 24.5 Å². The maximum absolute atomic E-state index is 14.1. The number of aryl methyl sites for hydroxylation is 1. The van der Waals surface area contributed by atoms with Crippen molar-refractivity contribution in [1.29, 1.82) is 0 Å². The van der Waals surface area contributed by atoms with E-state index in [2.05, 4.69) is 0 Å². The number of carbonyl (C=O) groups excluding carboxylic acids is 1. The Labute approximate surface area is 285 Å². The number of carboxylic acid groups (broad SMARTS) is 1. The highest BCUT2D eigenvalue weighted by atomic mass is 19.4. The van der Waals surface area contributed by atoms with Crippen LogP contribution in [-0.4, -0.2) is 35.0 Å². The average Bonchev–Trinajstić information content (AvgIpc) is 3.63. The molecule has 0 bridgehead atoms. The molecule has 0 aliphatic carbocycles. The number of alkyl halides is 9. The minimum absolute atomic E-state index is 0.00785. The Morgan fingerprint density at radius 1 is 0.745 bits per heavy atom. The lowest BCUT2D eigenvalue weighted by Crippen LogP contribution is -2.31. The van der Waals surface area contributed by atoms with Gasteiger partial charge in [0, 0.05) is 23.9 Å². The first-order valence-electron chi connectivity index (χ1n) is 15.6. The number of amides is 1. The largest absolute Gasteiger partial charge is 0.496 e. The fourth-order valence-corrected chi connectivity index (χ4v) is 7.33. The summed E-state index contributed by atoms with van der Waals surface area (Å²) in [5.74, 6) is -2.55.